The van der Waals surface area contributed by atoms with Gasteiger partial charge in [0, 0.05) is 49.1 Å². The Bertz CT molecular complexity index is 1440. The van der Waals surface area contributed by atoms with Crippen LogP contribution in [0.2, 0.25) is 18.1 Å². The molecule has 2 atom stereocenters. The van der Waals surface area contributed by atoms with Gasteiger partial charge in [0.25, 0.3) is 11.8 Å². The van der Waals surface area contributed by atoms with Gasteiger partial charge in [-0.15, -0.1) is 0 Å². The Morgan fingerprint density at radius 2 is 1.25 bits per heavy atom. The molecule has 12 heteroatoms. The Morgan fingerprint density at radius 3 is 1.69 bits per heavy atom. The summed E-state index contributed by atoms with van der Waals surface area (Å²) in [5.41, 5.74) is 14.2. The molecule has 4 N–H and O–H groups in total. The van der Waals surface area contributed by atoms with E-state index in [9.17, 15) is 9.59 Å². The number of rotatable bonds is 14. The predicted octanol–water partition coefficient (Wildman–Crippen LogP) is 6.36. The van der Waals surface area contributed by atoms with E-state index in [1.165, 1.54) is 0 Å². The molecule has 0 unspecified atom stereocenters. The number of nitrogen functional groups attached to an aromatic ring is 2. The van der Waals surface area contributed by atoms with Gasteiger partial charge < -0.3 is 44.6 Å². The van der Waals surface area contributed by atoms with Crippen molar-refractivity contribution < 1.29 is 33.0 Å². The van der Waals surface area contributed by atoms with Crippen molar-refractivity contribution in [2.45, 2.75) is 96.4 Å². The van der Waals surface area contributed by atoms with Crippen LogP contribution < -0.4 is 30.4 Å². The Balaban J connectivity index is 1.34. The number of nitrogens with two attached hydrogens (primary N) is 2. The Morgan fingerprint density at radius 1 is 0.792 bits per heavy atom. The molecule has 2 aromatic rings. The standard InChI is InChI=1S/C36H56N4O7Si/c1-9-24-13-10-15-39(24)34(41)26-19-30(43-5)32(21-28(26)37)45-17-12-18-46-33-22-29(38)27(20-31(33)44-6)35(42)40-16-11-14-25(40)23-47-48(7,8)36(2,3)4/h19-22,24-25H,9-18,23,37-38H2,1-8H3/t24-,25+/m1/s1. The molecule has 0 spiro atoms. The second-order valence-electron chi connectivity index (χ2n) is 14.3. The number of carbonyl (C=O) groups is 2. The average molecular weight is 685 g/mol. The third-order valence-electron chi connectivity index (χ3n) is 10.1. The summed E-state index contributed by atoms with van der Waals surface area (Å²) < 4.78 is 29.6. The monoisotopic (exact) mass is 684 g/mol. The van der Waals surface area contributed by atoms with Crippen LogP contribution in [0.15, 0.2) is 24.3 Å². The maximum absolute atomic E-state index is 13.7. The molecule has 0 saturated carbocycles. The van der Waals surface area contributed by atoms with Crippen LogP contribution in [0, 0.1) is 0 Å². The lowest BCUT2D eigenvalue weighted by atomic mass is 10.1. The minimum absolute atomic E-state index is 0.0112. The highest BCUT2D eigenvalue weighted by atomic mass is 28.4. The molecule has 0 radical (unpaired) electrons. The Hall–Kier alpha value is -3.64. The van der Waals surface area contributed by atoms with Crippen molar-refractivity contribution in [2.75, 3.05) is 58.6 Å². The van der Waals surface area contributed by atoms with Gasteiger partial charge in [-0.05, 0) is 62.4 Å². The van der Waals surface area contributed by atoms with Crippen LogP contribution in [0.4, 0.5) is 11.4 Å². The molecule has 0 aliphatic carbocycles. The van der Waals surface area contributed by atoms with E-state index in [2.05, 4.69) is 40.8 Å². The molecule has 4 rings (SSSR count). The fraction of sp³-hybridized carbons (Fsp3) is 0.611. The zero-order chi connectivity index (χ0) is 35.2. The molecule has 0 bridgehead atoms. The van der Waals surface area contributed by atoms with Gasteiger partial charge in [0.15, 0.2) is 31.3 Å². The number of amides is 2. The molecule has 11 nitrogen and oxygen atoms in total. The minimum Gasteiger partial charge on any atom is -0.493 e. The van der Waals surface area contributed by atoms with E-state index in [0.29, 0.717) is 78.3 Å². The molecule has 2 amide bonds. The lowest BCUT2D eigenvalue weighted by Crippen LogP contribution is -2.46. The molecular weight excluding hydrogens is 629 g/mol. The smallest absolute Gasteiger partial charge is 0.256 e. The Labute approximate surface area is 287 Å². The number of likely N-dealkylation sites (tertiary alicyclic amines) is 2. The van der Waals surface area contributed by atoms with Crippen LogP contribution >= 0.6 is 0 Å². The number of hydrogen-bond donors (Lipinski definition) is 2. The second kappa shape index (κ2) is 15.7. The number of nitrogens with zero attached hydrogens (tertiary/aromatic N) is 2. The molecule has 266 valence electrons. The second-order valence-corrected chi connectivity index (χ2v) is 19.1. The van der Waals surface area contributed by atoms with Crippen LogP contribution in [0.25, 0.3) is 0 Å². The lowest BCUT2D eigenvalue weighted by molar-refractivity contribution is 0.0683. The van der Waals surface area contributed by atoms with Gasteiger partial charge in [0.2, 0.25) is 0 Å². The summed E-state index contributed by atoms with van der Waals surface area (Å²) in [4.78, 5) is 30.7. The maximum Gasteiger partial charge on any atom is 0.256 e. The molecule has 2 heterocycles. The van der Waals surface area contributed by atoms with Gasteiger partial charge in [-0.25, -0.2) is 0 Å². The number of benzene rings is 2. The minimum atomic E-state index is -1.94. The molecule has 0 aromatic heterocycles. The van der Waals surface area contributed by atoms with Crippen molar-refractivity contribution >= 4 is 31.5 Å². The van der Waals surface area contributed by atoms with Gasteiger partial charge in [0.1, 0.15) is 0 Å². The predicted molar refractivity (Wildman–Crippen MR) is 192 cm³/mol. The quantitative estimate of drug-likeness (QED) is 0.132. The summed E-state index contributed by atoms with van der Waals surface area (Å²) >= 11 is 0. The summed E-state index contributed by atoms with van der Waals surface area (Å²) in [5.74, 6) is 1.58. The molecule has 2 saturated heterocycles. The zero-order valence-corrected chi connectivity index (χ0v) is 31.1. The third-order valence-corrected chi connectivity index (χ3v) is 14.6. The third kappa shape index (κ3) is 8.31. The van der Waals surface area contributed by atoms with Crippen molar-refractivity contribution in [3.05, 3.63) is 35.4 Å². The fourth-order valence-corrected chi connectivity index (χ4v) is 7.17. The van der Waals surface area contributed by atoms with E-state index < -0.39 is 8.32 Å². The van der Waals surface area contributed by atoms with Crippen molar-refractivity contribution in [1.82, 2.24) is 9.80 Å². The van der Waals surface area contributed by atoms with Crippen LogP contribution in [0.3, 0.4) is 0 Å². The van der Waals surface area contributed by atoms with E-state index in [-0.39, 0.29) is 28.9 Å². The molecule has 2 aliphatic heterocycles. The van der Waals surface area contributed by atoms with Crippen molar-refractivity contribution in [1.29, 1.82) is 0 Å². The van der Waals surface area contributed by atoms with E-state index >= 15 is 0 Å². The Kier molecular flexibility index (Phi) is 12.2. The number of anilines is 2. The fourth-order valence-electron chi connectivity index (χ4n) is 6.12. The van der Waals surface area contributed by atoms with Crippen molar-refractivity contribution in [3.63, 3.8) is 0 Å². The van der Waals surface area contributed by atoms with Crippen LogP contribution in [0.1, 0.15) is 86.9 Å². The highest BCUT2D eigenvalue weighted by Crippen LogP contribution is 2.38. The summed E-state index contributed by atoms with van der Waals surface area (Å²) in [5, 5.41) is 0.0970. The van der Waals surface area contributed by atoms with Crippen molar-refractivity contribution in [3.8, 4) is 23.0 Å². The molecule has 2 fully saturated rings. The number of ether oxygens (including phenoxy) is 4. The number of hydrogen-bond acceptors (Lipinski definition) is 9. The van der Waals surface area contributed by atoms with E-state index in [0.717, 1.165) is 38.6 Å². The topological polar surface area (TPSA) is 139 Å². The maximum atomic E-state index is 13.7. The number of carbonyl (C=O) groups excluding carboxylic acids is 2. The summed E-state index contributed by atoms with van der Waals surface area (Å²) in [6, 6.07) is 6.86. The summed E-state index contributed by atoms with van der Waals surface area (Å²) in [6.07, 6.45) is 5.28. The van der Waals surface area contributed by atoms with Gasteiger partial charge in [-0.3, -0.25) is 9.59 Å². The summed E-state index contributed by atoms with van der Waals surface area (Å²) in [7, 11) is 1.14. The first-order valence-corrected chi connectivity index (χ1v) is 20.1. The van der Waals surface area contributed by atoms with E-state index in [1.54, 1.807) is 38.5 Å². The first-order chi connectivity index (χ1) is 22.7. The molecule has 2 aromatic carbocycles. The van der Waals surface area contributed by atoms with Crippen molar-refractivity contribution in [2.24, 2.45) is 0 Å². The van der Waals surface area contributed by atoms with Crippen LogP contribution in [0.5, 0.6) is 23.0 Å². The highest BCUT2D eigenvalue weighted by molar-refractivity contribution is 6.74. The first-order valence-electron chi connectivity index (χ1n) is 17.2. The molecule has 2 aliphatic rings. The summed E-state index contributed by atoms with van der Waals surface area (Å²) in [6.45, 7) is 15.8. The van der Waals surface area contributed by atoms with Gasteiger partial charge in [0.05, 0.1) is 51.2 Å². The van der Waals surface area contributed by atoms with Gasteiger partial charge >= 0.3 is 0 Å². The van der Waals surface area contributed by atoms with Crippen LogP contribution in [-0.2, 0) is 4.43 Å². The SMILES string of the molecule is CC[C@@H]1CCCN1C(=O)c1cc(OC)c(OCCCOc2cc(N)c(C(=O)N3CCC[C@H]3CO[Si](C)(C)C(C)(C)C)cc2OC)cc1N. The largest absolute Gasteiger partial charge is 0.493 e. The average Bonchev–Trinajstić information content (AvgIpc) is 3.72. The molecular formula is C36H56N4O7Si. The van der Waals surface area contributed by atoms with E-state index in [1.807, 2.05) is 9.80 Å². The van der Waals surface area contributed by atoms with E-state index in [4.69, 9.17) is 34.8 Å². The molecule has 48 heavy (non-hydrogen) atoms. The van der Waals surface area contributed by atoms with Gasteiger partial charge in [-0.1, -0.05) is 27.7 Å². The number of methoxy groups -OCH3 is 2. The van der Waals surface area contributed by atoms with Crippen LogP contribution in [-0.4, -0.2) is 89.1 Å². The first kappa shape index (κ1) is 37.2. The lowest BCUT2D eigenvalue weighted by Gasteiger charge is -2.38. The zero-order valence-electron chi connectivity index (χ0n) is 30.1. The normalized spacial score (nSPS) is 18.2. The van der Waals surface area contributed by atoms with Gasteiger partial charge in [-0.2, -0.15) is 0 Å². The highest BCUT2D eigenvalue weighted by Gasteiger charge is 2.39.